The highest BCUT2D eigenvalue weighted by Gasteiger charge is 2.40. The van der Waals surface area contributed by atoms with Crippen LogP contribution in [0.25, 0.3) is 0 Å². The zero-order valence-electron chi connectivity index (χ0n) is 20.5. The number of carbonyl (C=O) groups excluding carboxylic acids is 1. The number of hydrogen-bond donors (Lipinski definition) is 1. The van der Waals surface area contributed by atoms with Crippen molar-refractivity contribution in [1.82, 2.24) is 5.32 Å². The van der Waals surface area contributed by atoms with Gasteiger partial charge in [0, 0.05) is 12.0 Å². The molecule has 2 aromatic rings. The number of fused-ring (bicyclic) bond motifs is 1. The minimum atomic E-state index is -3.69. The van der Waals surface area contributed by atoms with Crippen molar-refractivity contribution >= 4 is 21.6 Å². The van der Waals surface area contributed by atoms with Gasteiger partial charge < -0.3 is 10.1 Å². The van der Waals surface area contributed by atoms with Gasteiger partial charge in [-0.25, -0.2) is 8.42 Å². The van der Waals surface area contributed by atoms with E-state index in [4.69, 9.17) is 4.74 Å². The van der Waals surface area contributed by atoms with E-state index in [1.165, 1.54) is 4.31 Å². The molecule has 0 aromatic heterocycles. The van der Waals surface area contributed by atoms with Gasteiger partial charge >= 0.3 is 0 Å². The summed E-state index contributed by atoms with van der Waals surface area (Å²) in [4.78, 5) is 13.6. The van der Waals surface area contributed by atoms with Crippen LogP contribution in [0.3, 0.4) is 0 Å². The van der Waals surface area contributed by atoms with Gasteiger partial charge in [0.15, 0.2) is 0 Å². The van der Waals surface area contributed by atoms with E-state index in [9.17, 15) is 13.2 Å². The van der Waals surface area contributed by atoms with E-state index >= 15 is 0 Å². The van der Waals surface area contributed by atoms with Gasteiger partial charge in [0.1, 0.15) is 17.4 Å². The summed E-state index contributed by atoms with van der Waals surface area (Å²) in [6, 6.07) is 12.3. The lowest BCUT2D eigenvalue weighted by Crippen LogP contribution is -2.52. The van der Waals surface area contributed by atoms with Gasteiger partial charge in [0.2, 0.25) is 15.9 Å². The van der Waals surface area contributed by atoms with Gasteiger partial charge in [-0.15, -0.1) is 0 Å². The molecule has 0 spiro atoms. The van der Waals surface area contributed by atoms with Crippen LogP contribution in [-0.2, 0) is 14.8 Å². The zero-order chi connectivity index (χ0) is 24.4. The molecule has 0 saturated carbocycles. The topological polar surface area (TPSA) is 75.7 Å². The number of nitrogens with zero attached hydrogens (tertiary/aromatic N) is 1. The number of sulfonamides is 1. The average Bonchev–Trinajstić information content (AvgIpc) is 2.75. The SMILES string of the molecule is CCC(C(=O)NC1CC(CC)(CC)Oc2ccccc21)N(c1cc(C)cc(C)c1)S(C)(=O)=O. The van der Waals surface area contributed by atoms with Crippen molar-refractivity contribution in [3.8, 4) is 5.75 Å². The Morgan fingerprint density at radius 2 is 1.73 bits per heavy atom. The zero-order valence-corrected chi connectivity index (χ0v) is 21.3. The molecule has 2 atom stereocenters. The van der Waals surface area contributed by atoms with Gasteiger partial charge in [-0.3, -0.25) is 9.10 Å². The van der Waals surface area contributed by atoms with Crippen LogP contribution in [0.4, 0.5) is 5.69 Å². The second kappa shape index (κ2) is 9.75. The van der Waals surface area contributed by atoms with E-state index in [-0.39, 0.29) is 17.6 Å². The van der Waals surface area contributed by atoms with E-state index in [0.717, 1.165) is 41.5 Å². The monoisotopic (exact) mass is 472 g/mol. The Bertz CT molecular complexity index is 1090. The predicted molar refractivity (Wildman–Crippen MR) is 133 cm³/mol. The molecule has 7 heteroatoms. The molecule has 1 amide bonds. The van der Waals surface area contributed by atoms with Crippen LogP contribution >= 0.6 is 0 Å². The minimum Gasteiger partial charge on any atom is -0.487 e. The normalized spacial score (nSPS) is 18.1. The maximum atomic E-state index is 13.6. The van der Waals surface area contributed by atoms with Crippen molar-refractivity contribution in [2.45, 2.75) is 78.0 Å². The van der Waals surface area contributed by atoms with E-state index in [0.29, 0.717) is 18.5 Å². The van der Waals surface area contributed by atoms with Crippen LogP contribution in [0, 0.1) is 13.8 Å². The minimum absolute atomic E-state index is 0.253. The maximum Gasteiger partial charge on any atom is 0.244 e. The highest BCUT2D eigenvalue weighted by atomic mass is 32.2. The Morgan fingerprint density at radius 1 is 1.12 bits per heavy atom. The van der Waals surface area contributed by atoms with Crippen LogP contribution in [0.2, 0.25) is 0 Å². The van der Waals surface area contributed by atoms with Crippen molar-refractivity contribution in [2.24, 2.45) is 0 Å². The number of hydrogen-bond acceptors (Lipinski definition) is 4. The van der Waals surface area contributed by atoms with Gasteiger partial charge in [-0.05, 0) is 62.4 Å². The van der Waals surface area contributed by atoms with E-state index in [1.807, 2.05) is 63.2 Å². The Hall–Kier alpha value is -2.54. The smallest absolute Gasteiger partial charge is 0.244 e. The molecule has 1 heterocycles. The van der Waals surface area contributed by atoms with Crippen molar-refractivity contribution in [2.75, 3.05) is 10.6 Å². The number of rotatable bonds is 8. The largest absolute Gasteiger partial charge is 0.487 e. The molecular weight excluding hydrogens is 436 g/mol. The molecule has 2 unspecified atom stereocenters. The summed E-state index contributed by atoms with van der Waals surface area (Å²) >= 11 is 0. The highest BCUT2D eigenvalue weighted by Crippen LogP contribution is 2.42. The summed E-state index contributed by atoms with van der Waals surface area (Å²) in [5.41, 5.74) is 2.97. The molecule has 6 nitrogen and oxygen atoms in total. The summed E-state index contributed by atoms with van der Waals surface area (Å²) < 4.78 is 33.4. The fourth-order valence-corrected chi connectivity index (χ4v) is 6.03. The second-order valence-electron chi connectivity index (χ2n) is 9.12. The molecule has 0 aliphatic carbocycles. The third-order valence-electron chi connectivity index (χ3n) is 6.59. The molecule has 180 valence electrons. The van der Waals surface area contributed by atoms with Gasteiger partial charge in [0.05, 0.1) is 18.0 Å². The number of benzene rings is 2. The van der Waals surface area contributed by atoms with Crippen LogP contribution in [0.5, 0.6) is 5.75 Å². The predicted octanol–water partition coefficient (Wildman–Crippen LogP) is 5.05. The number of para-hydroxylation sites is 1. The first-order valence-corrected chi connectivity index (χ1v) is 13.5. The first-order chi connectivity index (χ1) is 15.5. The van der Waals surface area contributed by atoms with Crippen molar-refractivity contribution < 1.29 is 17.9 Å². The number of amides is 1. The molecular formula is C26H36N2O4S. The molecule has 0 radical (unpaired) electrons. The number of anilines is 1. The molecule has 3 rings (SSSR count). The van der Waals surface area contributed by atoms with Crippen LogP contribution in [0.1, 0.15) is 69.2 Å². The number of ether oxygens (including phenoxy) is 1. The molecule has 2 aromatic carbocycles. The van der Waals surface area contributed by atoms with Crippen LogP contribution in [0.15, 0.2) is 42.5 Å². The molecule has 33 heavy (non-hydrogen) atoms. The van der Waals surface area contributed by atoms with Crippen LogP contribution < -0.4 is 14.4 Å². The Labute approximate surface area is 198 Å². The van der Waals surface area contributed by atoms with Gasteiger partial charge in [0.25, 0.3) is 0 Å². The molecule has 1 N–H and O–H groups in total. The van der Waals surface area contributed by atoms with Crippen molar-refractivity contribution in [3.63, 3.8) is 0 Å². The standard InChI is InChI=1S/C26H36N2O4S/c1-7-23(28(33(6,30)31)20-15-18(4)14-19(5)16-20)25(29)27-22-17-26(8-2,9-3)32-24-13-11-10-12-21(22)24/h10-16,22-23H,7-9,17H2,1-6H3,(H,27,29). The Kier molecular flexibility index (Phi) is 7.42. The molecule has 0 fully saturated rings. The fraction of sp³-hybridized carbons (Fsp3) is 0.500. The van der Waals surface area contributed by atoms with E-state index in [2.05, 4.69) is 19.2 Å². The van der Waals surface area contributed by atoms with Crippen molar-refractivity contribution in [3.05, 3.63) is 59.2 Å². The first kappa shape index (κ1) is 25.1. The lowest BCUT2D eigenvalue weighted by Gasteiger charge is -2.42. The summed E-state index contributed by atoms with van der Waals surface area (Å²) in [5.74, 6) is 0.477. The number of aryl methyl sites for hydroxylation is 2. The third-order valence-corrected chi connectivity index (χ3v) is 7.77. The summed E-state index contributed by atoms with van der Waals surface area (Å²) in [7, 11) is -3.69. The quantitative estimate of drug-likeness (QED) is 0.584. The van der Waals surface area contributed by atoms with Crippen molar-refractivity contribution in [1.29, 1.82) is 0 Å². The summed E-state index contributed by atoms with van der Waals surface area (Å²) in [6.45, 7) is 9.87. The number of carbonyl (C=O) groups is 1. The third kappa shape index (κ3) is 5.35. The average molecular weight is 473 g/mol. The lowest BCUT2D eigenvalue weighted by atomic mass is 9.83. The summed E-state index contributed by atoms with van der Waals surface area (Å²) in [5, 5.41) is 3.18. The van der Waals surface area contributed by atoms with Crippen LogP contribution in [-0.4, -0.2) is 32.2 Å². The van der Waals surface area contributed by atoms with Gasteiger partial charge in [-0.2, -0.15) is 0 Å². The second-order valence-corrected chi connectivity index (χ2v) is 11.0. The maximum absolute atomic E-state index is 13.6. The Morgan fingerprint density at radius 3 is 2.27 bits per heavy atom. The highest BCUT2D eigenvalue weighted by molar-refractivity contribution is 7.92. The van der Waals surface area contributed by atoms with E-state index < -0.39 is 16.1 Å². The number of nitrogens with one attached hydrogen (secondary N) is 1. The molecule has 0 saturated heterocycles. The molecule has 1 aliphatic heterocycles. The lowest BCUT2D eigenvalue weighted by molar-refractivity contribution is -0.123. The summed E-state index contributed by atoms with van der Waals surface area (Å²) in [6.07, 6.45) is 3.79. The van der Waals surface area contributed by atoms with Gasteiger partial charge in [-0.1, -0.05) is 45.0 Å². The van der Waals surface area contributed by atoms with E-state index in [1.54, 1.807) is 0 Å². The fourth-order valence-electron chi connectivity index (χ4n) is 4.84. The molecule has 1 aliphatic rings. The molecule has 0 bridgehead atoms. The Balaban J connectivity index is 1.98. The first-order valence-electron chi connectivity index (χ1n) is 11.7.